The number of carbonyl (C=O) groups is 2. The Morgan fingerprint density at radius 1 is 1.07 bits per heavy atom. The van der Waals surface area contributed by atoms with E-state index >= 15 is 0 Å². The molecule has 1 amide bonds. The van der Waals surface area contributed by atoms with Crippen LogP contribution in [0.25, 0.3) is 5.76 Å². The van der Waals surface area contributed by atoms with Gasteiger partial charge < -0.3 is 19.5 Å². The van der Waals surface area contributed by atoms with Gasteiger partial charge in [0.05, 0.1) is 25.3 Å². The number of amides is 1. The standard InChI is InChI=1S/C24H27NO5/c1-4-6-13-25-21(16-9-7-11-18(14-16)29-3)20(23(27)24(25)28)22(26)17-10-8-12-19(15-17)30-5-2/h7-12,14-15,21,26H,4-6,13H2,1-3H3/b22-20-. The summed E-state index contributed by atoms with van der Waals surface area (Å²) < 4.78 is 10.8. The first-order chi connectivity index (χ1) is 14.5. The number of likely N-dealkylation sites (tertiary alicyclic amines) is 1. The Kier molecular flexibility index (Phi) is 6.77. The molecule has 0 radical (unpaired) electrons. The van der Waals surface area contributed by atoms with Crippen LogP contribution in [-0.2, 0) is 9.59 Å². The third-order valence-electron chi connectivity index (χ3n) is 5.12. The molecule has 6 nitrogen and oxygen atoms in total. The molecule has 0 bridgehead atoms. The van der Waals surface area contributed by atoms with Crippen LogP contribution in [0, 0.1) is 0 Å². The number of rotatable bonds is 8. The zero-order valence-corrected chi connectivity index (χ0v) is 17.6. The molecule has 0 aliphatic carbocycles. The fourth-order valence-corrected chi connectivity index (χ4v) is 3.65. The SMILES string of the molecule is CCCCN1C(=O)C(=O)/C(=C(\O)c2cccc(OCC)c2)C1c1cccc(OC)c1. The molecule has 158 valence electrons. The van der Waals surface area contributed by atoms with Crippen LogP contribution in [0.1, 0.15) is 43.9 Å². The summed E-state index contributed by atoms with van der Waals surface area (Å²) in [4.78, 5) is 27.4. The quantitative estimate of drug-likeness (QED) is 0.399. The predicted molar refractivity (Wildman–Crippen MR) is 115 cm³/mol. The molecule has 0 saturated carbocycles. The second kappa shape index (κ2) is 9.48. The van der Waals surface area contributed by atoms with Gasteiger partial charge in [0.25, 0.3) is 11.7 Å². The highest BCUT2D eigenvalue weighted by Gasteiger charge is 2.45. The highest BCUT2D eigenvalue weighted by atomic mass is 16.5. The molecular weight excluding hydrogens is 382 g/mol. The molecule has 1 saturated heterocycles. The summed E-state index contributed by atoms with van der Waals surface area (Å²) in [6, 6.07) is 13.4. The van der Waals surface area contributed by atoms with Crippen molar-refractivity contribution < 1.29 is 24.2 Å². The minimum atomic E-state index is -0.682. The van der Waals surface area contributed by atoms with Gasteiger partial charge >= 0.3 is 0 Å². The Balaban J connectivity index is 2.15. The third kappa shape index (κ3) is 4.17. The first-order valence-electron chi connectivity index (χ1n) is 10.2. The Labute approximate surface area is 176 Å². The van der Waals surface area contributed by atoms with E-state index in [1.54, 1.807) is 48.4 Å². The maximum Gasteiger partial charge on any atom is 0.295 e. The molecule has 1 aliphatic heterocycles. The van der Waals surface area contributed by atoms with Gasteiger partial charge in [-0.05, 0) is 43.2 Å². The smallest absolute Gasteiger partial charge is 0.295 e. The molecule has 1 fully saturated rings. The first kappa shape index (κ1) is 21.4. The number of aliphatic hydroxyl groups is 1. The maximum absolute atomic E-state index is 13.0. The van der Waals surface area contributed by atoms with Crippen LogP contribution >= 0.6 is 0 Å². The molecule has 1 N–H and O–H groups in total. The summed E-state index contributed by atoms with van der Waals surface area (Å²) in [6.07, 6.45) is 1.64. The van der Waals surface area contributed by atoms with Crippen molar-refractivity contribution in [3.05, 3.63) is 65.2 Å². The summed E-state index contributed by atoms with van der Waals surface area (Å²) in [5.41, 5.74) is 1.23. The molecule has 1 atom stereocenters. The second-order valence-electron chi connectivity index (χ2n) is 7.08. The number of aliphatic hydroxyl groups excluding tert-OH is 1. The van der Waals surface area contributed by atoms with Crippen molar-refractivity contribution in [1.82, 2.24) is 4.90 Å². The van der Waals surface area contributed by atoms with E-state index in [1.165, 1.54) is 0 Å². The Morgan fingerprint density at radius 2 is 1.80 bits per heavy atom. The van der Waals surface area contributed by atoms with Crippen molar-refractivity contribution in [1.29, 1.82) is 0 Å². The van der Waals surface area contributed by atoms with Crippen LogP contribution in [0.4, 0.5) is 0 Å². The van der Waals surface area contributed by atoms with Crippen LogP contribution in [0.2, 0.25) is 0 Å². The topological polar surface area (TPSA) is 76.1 Å². The summed E-state index contributed by atoms with van der Waals surface area (Å²) in [6.45, 7) is 4.80. The van der Waals surface area contributed by atoms with Crippen molar-refractivity contribution >= 4 is 17.4 Å². The van der Waals surface area contributed by atoms with E-state index in [1.807, 2.05) is 26.0 Å². The number of unbranched alkanes of at least 4 members (excludes halogenated alkanes) is 1. The Bertz CT molecular complexity index is 966. The molecule has 2 aromatic rings. The van der Waals surface area contributed by atoms with Crippen LogP contribution in [-0.4, -0.2) is 42.0 Å². The van der Waals surface area contributed by atoms with Crippen LogP contribution in [0.3, 0.4) is 0 Å². The molecule has 0 spiro atoms. The van der Waals surface area contributed by atoms with Crippen LogP contribution in [0.15, 0.2) is 54.1 Å². The minimum Gasteiger partial charge on any atom is -0.507 e. The zero-order chi connectivity index (χ0) is 21.7. The van der Waals surface area contributed by atoms with Gasteiger partial charge in [0, 0.05) is 12.1 Å². The van der Waals surface area contributed by atoms with E-state index in [0.29, 0.717) is 35.8 Å². The van der Waals surface area contributed by atoms with E-state index in [-0.39, 0.29) is 11.3 Å². The van der Waals surface area contributed by atoms with Gasteiger partial charge in [-0.15, -0.1) is 0 Å². The molecular formula is C24H27NO5. The number of ether oxygens (including phenoxy) is 2. The molecule has 1 aliphatic rings. The number of carbonyl (C=O) groups excluding carboxylic acids is 2. The predicted octanol–water partition coefficient (Wildman–Crippen LogP) is 4.32. The van der Waals surface area contributed by atoms with Gasteiger partial charge in [-0.2, -0.15) is 0 Å². The monoisotopic (exact) mass is 409 g/mol. The average molecular weight is 409 g/mol. The van der Waals surface area contributed by atoms with Crippen LogP contribution in [0.5, 0.6) is 11.5 Å². The van der Waals surface area contributed by atoms with Gasteiger partial charge in [-0.1, -0.05) is 37.6 Å². The molecule has 2 aromatic carbocycles. The second-order valence-corrected chi connectivity index (χ2v) is 7.08. The number of ketones is 1. The van der Waals surface area contributed by atoms with Gasteiger partial charge in [0.15, 0.2) is 0 Å². The van der Waals surface area contributed by atoms with Gasteiger partial charge in [0.1, 0.15) is 17.3 Å². The van der Waals surface area contributed by atoms with Gasteiger partial charge in [-0.25, -0.2) is 0 Å². The van der Waals surface area contributed by atoms with E-state index in [0.717, 1.165) is 12.8 Å². The normalized spacial score (nSPS) is 18.0. The molecule has 3 rings (SSSR count). The molecule has 1 unspecified atom stereocenters. The maximum atomic E-state index is 13.0. The molecule has 30 heavy (non-hydrogen) atoms. The van der Waals surface area contributed by atoms with E-state index < -0.39 is 17.7 Å². The average Bonchev–Trinajstić information content (AvgIpc) is 3.02. The number of nitrogens with zero attached hydrogens (tertiary/aromatic N) is 1. The summed E-state index contributed by atoms with van der Waals surface area (Å²) in [7, 11) is 1.56. The van der Waals surface area contributed by atoms with Gasteiger partial charge in [0.2, 0.25) is 0 Å². The molecule has 0 aromatic heterocycles. The Hall–Kier alpha value is -3.28. The largest absolute Gasteiger partial charge is 0.507 e. The summed E-state index contributed by atoms with van der Waals surface area (Å²) in [5, 5.41) is 11.1. The van der Waals surface area contributed by atoms with Crippen molar-refractivity contribution in [2.24, 2.45) is 0 Å². The van der Waals surface area contributed by atoms with E-state index in [9.17, 15) is 14.7 Å². The van der Waals surface area contributed by atoms with Crippen molar-refractivity contribution in [3.8, 4) is 11.5 Å². The molecule has 6 heteroatoms. The number of Topliss-reactive ketones (excluding diaryl/α,β-unsaturated/α-hetero) is 1. The number of hydrogen-bond donors (Lipinski definition) is 1. The lowest BCUT2D eigenvalue weighted by Gasteiger charge is -2.25. The minimum absolute atomic E-state index is 0.0815. The van der Waals surface area contributed by atoms with E-state index in [4.69, 9.17) is 9.47 Å². The van der Waals surface area contributed by atoms with Gasteiger partial charge in [-0.3, -0.25) is 9.59 Å². The number of methoxy groups -OCH3 is 1. The summed E-state index contributed by atoms with van der Waals surface area (Å²) >= 11 is 0. The lowest BCUT2D eigenvalue weighted by atomic mass is 9.95. The third-order valence-corrected chi connectivity index (χ3v) is 5.12. The summed E-state index contributed by atoms with van der Waals surface area (Å²) in [5.74, 6) is -0.287. The van der Waals surface area contributed by atoms with Crippen molar-refractivity contribution in [2.75, 3.05) is 20.3 Å². The highest BCUT2D eigenvalue weighted by Crippen LogP contribution is 2.40. The lowest BCUT2D eigenvalue weighted by molar-refractivity contribution is -0.139. The highest BCUT2D eigenvalue weighted by molar-refractivity contribution is 6.46. The number of benzene rings is 2. The Morgan fingerprint density at radius 3 is 2.50 bits per heavy atom. The fraction of sp³-hybridized carbons (Fsp3) is 0.333. The van der Waals surface area contributed by atoms with E-state index in [2.05, 4.69) is 0 Å². The zero-order valence-electron chi connectivity index (χ0n) is 17.6. The first-order valence-corrected chi connectivity index (χ1v) is 10.2. The van der Waals surface area contributed by atoms with Crippen molar-refractivity contribution in [3.63, 3.8) is 0 Å². The molecule has 1 heterocycles. The van der Waals surface area contributed by atoms with Crippen molar-refractivity contribution in [2.45, 2.75) is 32.7 Å². The van der Waals surface area contributed by atoms with Crippen LogP contribution < -0.4 is 9.47 Å². The number of hydrogen-bond acceptors (Lipinski definition) is 5. The lowest BCUT2D eigenvalue weighted by Crippen LogP contribution is -2.30. The fourth-order valence-electron chi connectivity index (χ4n) is 3.65.